The van der Waals surface area contributed by atoms with Gasteiger partial charge in [-0.05, 0) is 43.2 Å². The van der Waals surface area contributed by atoms with E-state index in [1.807, 2.05) is 0 Å². The van der Waals surface area contributed by atoms with Crippen LogP contribution in [0.4, 0.5) is 13.2 Å². The van der Waals surface area contributed by atoms with E-state index < -0.39 is 6.36 Å². The lowest BCUT2D eigenvalue weighted by Crippen LogP contribution is -2.29. The minimum Gasteiger partial charge on any atom is -0.459 e. The molecular weight excluding hydrogens is 365 g/mol. The Bertz CT molecular complexity index is 743. The summed E-state index contributed by atoms with van der Waals surface area (Å²) in [4.78, 5) is 23.6. The average molecular weight is 384 g/mol. The second-order valence-corrected chi connectivity index (χ2v) is 5.74. The van der Waals surface area contributed by atoms with Gasteiger partial charge in [0.25, 0.3) is 5.91 Å². The van der Waals surface area contributed by atoms with Gasteiger partial charge < -0.3 is 19.8 Å². The topological polar surface area (TPSA) is 80.6 Å². The number of amides is 2. The maximum absolute atomic E-state index is 12.1. The second-order valence-electron chi connectivity index (χ2n) is 5.74. The van der Waals surface area contributed by atoms with Crippen molar-refractivity contribution in [3.8, 4) is 5.75 Å². The number of halogens is 3. The Morgan fingerprint density at radius 3 is 2.48 bits per heavy atom. The van der Waals surface area contributed by atoms with Gasteiger partial charge in [-0.3, -0.25) is 9.59 Å². The van der Waals surface area contributed by atoms with E-state index in [0.29, 0.717) is 18.5 Å². The number of rotatable bonds is 8. The number of nitrogens with one attached hydrogen (secondary N) is 2. The quantitative estimate of drug-likeness (QED) is 0.682. The fourth-order valence-electron chi connectivity index (χ4n) is 2.30. The van der Waals surface area contributed by atoms with Crippen LogP contribution >= 0.6 is 0 Å². The van der Waals surface area contributed by atoms with Crippen LogP contribution in [-0.4, -0.2) is 24.7 Å². The maximum Gasteiger partial charge on any atom is 0.573 e. The van der Waals surface area contributed by atoms with Crippen molar-refractivity contribution >= 4 is 11.8 Å². The average Bonchev–Trinajstić information content (AvgIpc) is 3.12. The predicted octanol–water partition coefficient (Wildman–Crippen LogP) is 3.57. The van der Waals surface area contributed by atoms with Crippen molar-refractivity contribution in [2.75, 3.05) is 6.54 Å². The Morgan fingerprint density at radius 2 is 1.89 bits per heavy atom. The third-order valence-corrected chi connectivity index (χ3v) is 3.60. The maximum atomic E-state index is 12.1. The van der Waals surface area contributed by atoms with Gasteiger partial charge in [-0.2, -0.15) is 0 Å². The molecule has 0 bridgehead atoms. The molecule has 2 amide bonds. The lowest BCUT2D eigenvalue weighted by atomic mass is 10.1. The summed E-state index contributed by atoms with van der Waals surface area (Å²) in [6.45, 7) is 2.03. The molecule has 2 rings (SSSR count). The van der Waals surface area contributed by atoms with Crippen LogP contribution in [0.5, 0.6) is 5.75 Å². The molecule has 0 aliphatic heterocycles. The Morgan fingerprint density at radius 1 is 1.19 bits per heavy atom. The van der Waals surface area contributed by atoms with Gasteiger partial charge in [-0.1, -0.05) is 12.1 Å². The Hall–Kier alpha value is -2.97. The summed E-state index contributed by atoms with van der Waals surface area (Å²) in [5.41, 5.74) is 0.643. The third kappa shape index (κ3) is 7.04. The van der Waals surface area contributed by atoms with Crippen LogP contribution in [0, 0.1) is 0 Å². The van der Waals surface area contributed by atoms with Crippen LogP contribution < -0.4 is 15.4 Å². The number of hydrogen-bond donors (Lipinski definition) is 2. The molecule has 146 valence electrons. The van der Waals surface area contributed by atoms with Gasteiger partial charge in [-0.25, -0.2) is 0 Å². The van der Waals surface area contributed by atoms with E-state index in [2.05, 4.69) is 15.4 Å². The van der Waals surface area contributed by atoms with E-state index in [1.54, 1.807) is 13.0 Å². The highest BCUT2D eigenvalue weighted by molar-refractivity contribution is 5.91. The predicted molar refractivity (Wildman–Crippen MR) is 90.0 cm³/mol. The molecule has 27 heavy (non-hydrogen) atoms. The van der Waals surface area contributed by atoms with Crippen LogP contribution in [-0.2, 0) is 4.79 Å². The first-order chi connectivity index (χ1) is 12.7. The van der Waals surface area contributed by atoms with E-state index in [0.717, 1.165) is 0 Å². The van der Waals surface area contributed by atoms with Gasteiger partial charge in [0, 0.05) is 13.0 Å². The lowest BCUT2D eigenvalue weighted by molar-refractivity contribution is -0.274. The minimum atomic E-state index is -4.74. The van der Waals surface area contributed by atoms with Crippen molar-refractivity contribution in [2.45, 2.75) is 32.2 Å². The van der Waals surface area contributed by atoms with Crippen molar-refractivity contribution in [3.05, 3.63) is 54.0 Å². The van der Waals surface area contributed by atoms with Crippen LogP contribution in [0.2, 0.25) is 0 Å². The molecule has 1 unspecified atom stereocenters. The second kappa shape index (κ2) is 9.11. The number of carbonyl (C=O) groups is 2. The summed E-state index contributed by atoms with van der Waals surface area (Å²) in [5, 5.41) is 5.38. The van der Waals surface area contributed by atoms with Gasteiger partial charge in [0.1, 0.15) is 5.75 Å². The fourth-order valence-corrected chi connectivity index (χ4v) is 2.30. The molecule has 1 aromatic heterocycles. The van der Waals surface area contributed by atoms with Gasteiger partial charge in [0.05, 0.1) is 12.3 Å². The molecule has 6 nitrogen and oxygen atoms in total. The van der Waals surface area contributed by atoms with Gasteiger partial charge in [0.15, 0.2) is 5.76 Å². The van der Waals surface area contributed by atoms with Crippen molar-refractivity contribution < 1.29 is 31.9 Å². The largest absolute Gasteiger partial charge is 0.573 e. The molecule has 0 aliphatic carbocycles. The lowest BCUT2D eigenvalue weighted by Gasteiger charge is -2.15. The summed E-state index contributed by atoms with van der Waals surface area (Å²) in [5.74, 6) is -0.705. The summed E-state index contributed by atoms with van der Waals surface area (Å²) in [6, 6.07) is 8.05. The molecule has 0 radical (unpaired) electrons. The van der Waals surface area contributed by atoms with Crippen molar-refractivity contribution in [2.24, 2.45) is 0 Å². The zero-order chi connectivity index (χ0) is 19.9. The molecule has 0 saturated carbocycles. The molecule has 2 N–H and O–H groups in total. The normalized spacial score (nSPS) is 12.3. The van der Waals surface area contributed by atoms with E-state index >= 15 is 0 Å². The summed E-state index contributed by atoms with van der Waals surface area (Å²) < 4.78 is 45.2. The highest BCUT2D eigenvalue weighted by atomic mass is 19.4. The van der Waals surface area contributed by atoms with E-state index in [9.17, 15) is 22.8 Å². The Kier molecular flexibility index (Phi) is 6.86. The molecule has 9 heteroatoms. The van der Waals surface area contributed by atoms with Crippen LogP contribution in [0.15, 0.2) is 47.1 Å². The zero-order valence-corrected chi connectivity index (χ0v) is 14.5. The minimum absolute atomic E-state index is 0.193. The Labute approximate surface area is 153 Å². The Balaban J connectivity index is 1.71. The smallest absolute Gasteiger partial charge is 0.459 e. The molecule has 1 atom stereocenters. The summed E-state index contributed by atoms with van der Waals surface area (Å²) >= 11 is 0. The molecule has 0 fully saturated rings. The van der Waals surface area contributed by atoms with Crippen LogP contribution in [0.3, 0.4) is 0 Å². The standard InChI is InChI=1S/C18H19F3N2O4/c1-12(13-6-8-14(9-7-13)27-18(19,20)21)23-16(24)5-2-10-22-17(25)15-4-3-11-26-15/h3-4,6-9,11-12H,2,5,10H2,1H3,(H,22,25)(H,23,24). The number of benzene rings is 1. The number of alkyl halides is 3. The number of hydrogen-bond acceptors (Lipinski definition) is 4. The molecule has 0 spiro atoms. The van der Waals surface area contributed by atoms with Gasteiger partial charge in [-0.15, -0.1) is 13.2 Å². The fraction of sp³-hybridized carbons (Fsp3) is 0.333. The van der Waals surface area contributed by atoms with Crippen molar-refractivity contribution in [3.63, 3.8) is 0 Å². The number of carbonyl (C=O) groups excluding carboxylic acids is 2. The van der Waals surface area contributed by atoms with Crippen molar-refractivity contribution in [1.29, 1.82) is 0 Å². The molecule has 2 aromatic rings. The van der Waals surface area contributed by atoms with Gasteiger partial charge >= 0.3 is 6.36 Å². The third-order valence-electron chi connectivity index (χ3n) is 3.60. The first kappa shape index (κ1) is 20.3. The van der Waals surface area contributed by atoms with Crippen LogP contribution in [0.1, 0.15) is 41.9 Å². The first-order valence-corrected chi connectivity index (χ1v) is 8.21. The number of furan rings is 1. The van der Waals surface area contributed by atoms with Gasteiger partial charge in [0.2, 0.25) is 5.91 Å². The van der Waals surface area contributed by atoms with Crippen molar-refractivity contribution in [1.82, 2.24) is 10.6 Å². The molecule has 1 heterocycles. The SMILES string of the molecule is CC(NC(=O)CCCNC(=O)c1ccco1)c1ccc(OC(F)(F)F)cc1. The molecule has 1 aromatic carbocycles. The highest BCUT2D eigenvalue weighted by Crippen LogP contribution is 2.24. The number of ether oxygens (including phenoxy) is 1. The van der Waals surface area contributed by atoms with E-state index in [-0.39, 0.29) is 35.8 Å². The molecule has 0 saturated heterocycles. The molecule has 0 aliphatic rings. The summed E-state index contributed by atoms with van der Waals surface area (Å²) in [6.07, 6.45) is -2.72. The summed E-state index contributed by atoms with van der Waals surface area (Å²) in [7, 11) is 0. The van der Waals surface area contributed by atoms with Crippen LogP contribution in [0.25, 0.3) is 0 Å². The molecular formula is C18H19F3N2O4. The monoisotopic (exact) mass is 384 g/mol. The van der Waals surface area contributed by atoms with E-state index in [1.165, 1.54) is 36.6 Å². The first-order valence-electron chi connectivity index (χ1n) is 8.21. The van der Waals surface area contributed by atoms with E-state index in [4.69, 9.17) is 4.42 Å². The highest BCUT2D eigenvalue weighted by Gasteiger charge is 2.31. The zero-order valence-electron chi connectivity index (χ0n) is 14.5.